The van der Waals surface area contributed by atoms with Crippen molar-refractivity contribution in [3.8, 4) is 0 Å². The van der Waals surface area contributed by atoms with Gasteiger partial charge in [-0.3, -0.25) is 0 Å². The van der Waals surface area contributed by atoms with Gasteiger partial charge in [0.2, 0.25) is 0 Å². The van der Waals surface area contributed by atoms with Crippen LogP contribution in [0, 0.1) is 5.82 Å². The summed E-state index contributed by atoms with van der Waals surface area (Å²) >= 11 is 7.64. The minimum Gasteiger partial charge on any atom is -0.323 e. The molecule has 0 saturated carbocycles. The molecule has 0 amide bonds. The summed E-state index contributed by atoms with van der Waals surface area (Å²) in [4.78, 5) is 0. The van der Waals surface area contributed by atoms with Gasteiger partial charge in [-0.2, -0.15) is 0 Å². The van der Waals surface area contributed by atoms with E-state index in [-0.39, 0.29) is 21.6 Å². The van der Waals surface area contributed by atoms with Crippen LogP contribution in [0.25, 0.3) is 0 Å². The van der Waals surface area contributed by atoms with Gasteiger partial charge in [-0.15, -0.1) is 11.8 Å². The molecule has 1 aromatic rings. The third-order valence-electron chi connectivity index (χ3n) is 2.90. The van der Waals surface area contributed by atoms with Gasteiger partial charge >= 0.3 is 0 Å². The van der Waals surface area contributed by atoms with E-state index in [0.717, 1.165) is 16.9 Å². The Morgan fingerprint density at radius 1 is 1.53 bits per heavy atom. The fraction of sp³-hybridized carbons (Fsp3) is 0.455. The highest BCUT2D eigenvalue weighted by Crippen LogP contribution is 2.46. The van der Waals surface area contributed by atoms with Gasteiger partial charge in [0.25, 0.3) is 0 Å². The normalized spacial score (nSPS) is 23.7. The molecule has 0 spiro atoms. The zero-order chi connectivity index (χ0) is 11.2. The van der Waals surface area contributed by atoms with Crippen molar-refractivity contribution in [2.24, 2.45) is 5.73 Å². The summed E-state index contributed by atoms with van der Waals surface area (Å²) in [5.74, 6) is 0.370. The van der Waals surface area contributed by atoms with Crippen LogP contribution in [0.4, 0.5) is 4.39 Å². The maximum Gasteiger partial charge on any atom is 0.142 e. The molecule has 1 heterocycles. The topological polar surface area (TPSA) is 26.0 Å². The molecule has 0 fully saturated rings. The van der Waals surface area contributed by atoms with Crippen LogP contribution < -0.4 is 5.73 Å². The van der Waals surface area contributed by atoms with Crippen molar-refractivity contribution < 1.29 is 4.39 Å². The third kappa shape index (κ3) is 1.77. The van der Waals surface area contributed by atoms with Crippen LogP contribution in [-0.2, 0) is 5.75 Å². The minimum absolute atomic E-state index is 0.0197. The Kier molecular flexibility index (Phi) is 2.73. The summed E-state index contributed by atoms with van der Waals surface area (Å²) in [6.45, 7) is 4.20. The molecular formula is C11H13ClFNS. The van der Waals surface area contributed by atoms with E-state index in [2.05, 4.69) is 13.8 Å². The van der Waals surface area contributed by atoms with Gasteiger partial charge in [0.05, 0.1) is 5.02 Å². The lowest BCUT2D eigenvalue weighted by molar-refractivity contribution is 0.548. The summed E-state index contributed by atoms with van der Waals surface area (Å²) < 4.78 is 13.2. The van der Waals surface area contributed by atoms with Gasteiger partial charge in [0.15, 0.2) is 0 Å². The molecule has 0 bridgehead atoms. The molecule has 0 aromatic heterocycles. The molecule has 1 nitrogen and oxygen atoms in total. The number of hydrogen-bond donors (Lipinski definition) is 1. The van der Waals surface area contributed by atoms with Gasteiger partial charge in [-0.25, -0.2) is 4.39 Å². The lowest BCUT2D eigenvalue weighted by atomic mass is 9.92. The van der Waals surface area contributed by atoms with Crippen molar-refractivity contribution in [3.63, 3.8) is 0 Å². The fourth-order valence-electron chi connectivity index (χ4n) is 1.77. The Hall–Kier alpha value is -0.250. The highest BCUT2D eigenvalue weighted by atomic mass is 35.5. The first-order valence-electron chi connectivity index (χ1n) is 4.80. The van der Waals surface area contributed by atoms with Crippen molar-refractivity contribution in [3.05, 3.63) is 34.1 Å². The predicted octanol–water partition coefficient (Wildman–Crippen LogP) is 3.50. The van der Waals surface area contributed by atoms with Crippen molar-refractivity contribution in [2.45, 2.75) is 30.4 Å². The average Bonchev–Trinajstić information content (AvgIpc) is 2.17. The Morgan fingerprint density at radius 2 is 2.20 bits per heavy atom. The molecule has 0 radical (unpaired) electrons. The molecule has 2 N–H and O–H groups in total. The Morgan fingerprint density at radius 3 is 2.87 bits per heavy atom. The van der Waals surface area contributed by atoms with Crippen molar-refractivity contribution in [1.29, 1.82) is 0 Å². The molecule has 1 aromatic carbocycles. The van der Waals surface area contributed by atoms with Gasteiger partial charge in [0, 0.05) is 16.5 Å². The molecule has 82 valence electrons. The van der Waals surface area contributed by atoms with Crippen LogP contribution in [0.3, 0.4) is 0 Å². The number of rotatable bonds is 0. The maximum absolute atomic E-state index is 13.2. The summed E-state index contributed by atoms with van der Waals surface area (Å²) in [7, 11) is 0. The van der Waals surface area contributed by atoms with Crippen LogP contribution in [0.15, 0.2) is 12.1 Å². The number of nitrogens with two attached hydrogens (primary N) is 1. The zero-order valence-electron chi connectivity index (χ0n) is 8.68. The monoisotopic (exact) mass is 245 g/mol. The number of thioether (sulfide) groups is 1. The van der Waals surface area contributed by atoms with Crippen molar-refractivity contribution >= 4 is 23.4 Å². The number of hydrogen-bond acceptors (Lipinski definition) is 2. The largest absolute Gasteiger partial charge is 0.323 e. The molecule has 1 aliphatic heterocycles. The van der Waals surface area contributed by atoms with E-state index in [1.165, 1.54) is 6.07 Å². The van der Waals surface area contributed by atoms with Crippen LogP contribution in [-0.4, -0.2) is 4.75 Å². The standard InChI is InChI=1S/C11H13ClFNS/c1-11(2)10(14)6-3-4-8(13)9(12)7(6)5-15-11/h3-4,10H,5,14H2,1-2H3. The Balaban J connectivity index is 2.55. The molecule has 1 unspecified atom stereocenters. The first kappa shape index (κ1) is 11.2. The quantitative estimate of drug-likeness (QED) is 0.757. The van der Waals surface area contributed by atoms with Crippen LogP contribution >= 0.6 is 23.4 Å². The van der Waals surface area contributed by atoms with E-state index in [4.69, 9.17) is 17.3 Å². The van der Waals surface area contributed by atoms with E-state index >= 15 is 0 Å². The highest BCUT2D eigenvalue weighted by Gasteiger charge is 2.35. The molecule has 2 rings (SSSR count). The van der Waals surface area contributed by atoms with Gasteiger partial charge in [-0.05, 0) is 31.0 Å². The summed E-state index contributed by atoms with van der Waals surface area (Å²) in [5.41, 5.74) is 7.97. The van der Waals surface area contributed by atoms with E-state index < -0.39 is 0 Å². The van der Waals surface area contributed by atoms with Crippen LogP contribution in [0.1, 0.15) is 31.0 Å². The van der Waals surface area contributed by atoms with Crippen LogP contribution in [0.5, 0.6) is 0 Å². The van der Waals surface area contributed by atoms with Gasteiger partial charge in [0.1, 0.15) is 5.82 Å². The molecular weight excluding hydrogens is 233 g/mol. The average molecular weight is 246 g/mol. The van der Waals surface area contributed by atoms with E-state index in [0.29, 0.717) is 0 Å². The maximum atomic E-state index is 13.2. The zero-order valence-corrected chi connectivity index (χ0v) is 10.3. The molecule has 1 aliphatic rings. The van der Waals surface area contributed by atoms with Crippen molar-refractivity contribution in [1.82, 2.24) is 0 Å². The highest BCUT2D eigenvalue weighted by molar-refractivity contribution is 8.00. The van der Waals surface area contributed by atoms with Crippen molar-refractivity contribution in [2.75, 3.05) is 0 Å². The lowest BCUT2D eigenvalue weighted by Crippen LogP contribution is -2.36. The molecule has 0 aliphatic carbocycles. The molecule has 0 saturated heterocycles. The minimum atomic E-state index is -0.358. The van der Waals surface area contributed by atoms with Gasteiger partial charge < -0.3 is 5.73 Å². The Labute approximate surface area is 98.2 Å². The second-order valence-electron chi connectivity index (χ2n) is 4.30. The van der Waals surface area contributed by atoms with E-state index in [1.807, 2.05) is 0 Å². The Bertz CT molecular complexity index is 406. The molecule has 1 atom stereocenters. The summed E-state index contributed by atoms with van der Waals surface area (Å²) in [5, 5.41) is 0.228. The first-order chi connectivity index (χ1) is 6.93. The predicted molar refractivity (Wildman–Crippen MR) is 63.7 cm³/mol. The lowest BCUT2D eigenvalue weighted by Gasteiger charge is -2.37. The number of benzene rings is 1. The summed E-state index contributed by atoms with van der Waals surface area (Å²) in [6.07, 6.45) is 0. The van der Waals surface area contributed by atoms with Gasteiger partial charge in [-0.1, -0.05) is 17.7 Å². The number of halogens is 2. The van der Waals surface area contributed by atoms with Crippen LogP contribution in [0.2, 0.25) is 5.02 Å². The molecule has 15 heavy (non-hydrogen) atoms. The summed E-state index contributed by atoms with van der Waals surface area (Å²) in [6, 6.07) is 3.06. The fourth-order valence-corrected chi connectivity index (χ4v) is 3.22. The molecule has 4 heteroatoms. The smallest absolute Gasteiger partial charge is 0.142 e. The second-order valence-corrected chi connectivity index (χ2v) is 6.31. The van der Waals surface area contributed by atoms with E-state index in [9.17, 15) is 4.39 Å². The first-order valence-corrected chi connectivity index (χ1v) is 6.16. The number of fused-ring (bicyclic) bond motifs is 1. The SMILES string of the molecule is CC1(C)SCc2c(ccc(F)c2Cl)C1N. The van der Waals surface area contributed by atoms with E-state index in [1.54, 1.807) is 17.8 Å². The third-order valence-corrected chi connectivity index (χ3v) is 4.74. The second kappa shape index (κ2) is 3.65.